The lowest BCUT2D eigenvalue weighted by atomic mass is 9.99. The molecule has 3 aromatic carbocycles. The van der Waals surface area contributed by atoms with Crippen LogP contribution in [0.1, 0.15) is 31.4 Å². The average molecular weight is 467 g/mol. The highest BCUT2D eigenvalue weighted by atomic mass is 19.1. The van der Waals surface area contributed by atoms with Crippen LogP contribution >= 0.6 is 0 Å². The number of carbonyl (C=O) groups excluding carboxylic acids is 1. The fourth-order valence-corrected chi connectivity index (χ4v) is 3.63. The quantitative estimate of drug-likeness (QED) is 0.326. The fourth-order valence-electron chi connectivity index (χ4n) is 3.63. The van der Waals surface area contributed by atoms with Crippen LogP contribution in [0.5, 0.6) is 5.75 Å². The predicted octanol–water partition coefficient (Wildman–Crippen LogP) is 5.80. The van der Waals surface area contributed by atoms with Gasteiger partial charge in [0, 0.05) is 18.1 Å². The molecular weight excluding hydrogens is 441 g/mol. The Hall–Kier alpha value is -3.91. The zero-order valence-corrected chi connectivity index (χ0v) is 18.6. The Morgan fingerprint density at radius 3 is 2.62 bits per heavy atom. The van der Waals surface area contributed by atoms with Gasteiger partial charge < -0.3 is 19.7 Å². The summed E-state index contributed by atoms with van der Waals surface area (Å²) < 4.78 is 25.6. The molecule has 0 heterocycles. The average Bonchev–Trinajstić information content (AvgIpc) is 2.81. The van der Waals surface area contributed by atoms with Gasteiger partial charge in [0.1, 0.15) is 0 Å². The number of phenolic OH excluding ortho intramolecular Hbond substituents is 1. The summed E-state index contributed by atoms with van der Waals surface area (Å²) in [6.45, 7) is 2.06. The van der Waals surface area contributed by atoms with Crippen LogP contribution < -0.4 is 5.32 Å². The molecule has 0 radical (unpaired) electrons. The number of ether oxygens (including phenoxy) is 2. The molecule has 0 aliphatic carbocycles. The van der Waals surface area contributed by atoms with Crippen molar-refractivity contribution in [3.8, 4) is 5.75 Å². The van der Waals surface area contributed by atoms with Crippen molar-refractivity contribution in [3.63, 3.8) is 0 Å². The van der Waals surface area contributed by atoms with Gasteiger partial charge in [-0.3, -0.25) is 5.32 Å². The highest BCUT2D eigenvalue weighted by molar-refractivity contribution is 6.00. The van der Waals surface area contributed by atoms with Crippen molar-refractivity contribution in [2.75, 3.05) is 11.9 Å². The number of benzene rings is 3. The van der Waals surface area contributed by atoms with Crippen LogP contribution in [0.15, 0.2) is 72.8 Å². The number of amides is 1. The minimum Gasteiger partial charge on any atom is -0.505 e. The molecule has 2 atom stereocenters. The molecular formula is C26H26FNO6. The summed E-state index contributed by atoms with van der Waals surface area (Å²) in [5.74, 6) is -2.46. The third-order valence-electron chi connectivity index (χ3n) is 5.16. The number of phenols is 1. The second-order valence-corrected chi connectivity index (χ2v) is 7.50. The third kappa shape index (κ3) is 6.55. The van der Waals surface area contributed by atoms with Crippen molar-refractivity contribution in [1.82, 2.24) is 0 Å². The molecule has 3 N–H and O–H groups in total. The van der Waals surface area contributed by atoms with E-state index in [1.807, 2.05) is 36.4 Å². The van der Waals surface area contributed by atoms with Crippen molar-refractivity contribution in [2.24, 2.45) is 0 Å². The number of carbonyl (C=O) groups is 2. The van der Waals surface area contributed by atoms with Crippen LogP contribution in [-0.2, 0) is 14.3 Å². The molecule has 7 nitrogen and oxygen atoms in total. The van der Waals surface area contributed by atoms with Gasteiger partial charge in [-0.15, -0.1) is 0 Å². The molecule has 0 unspecified atom stereocenters. The number of halogens is 1. The highest BCUT2D eigenvalue weighted by Crippen LogP contribution is 2.31. The number of fused-ring (bicyclic) bond motifs is 1. The van der Waals surface area contributed by atoms with E-state index in [1.54, 1.807) is 13.0 Å². The topological polar surface area (TPSA) is 105 Å². The molecule has 0 bridgehead atoms. The largest absolute Gasteiger partial charge is 0.505 e. The third-order valence-corrected chi connectivity index (χ3v) is 5.16. The van der Waals surface area contributed by atoms with Crippen LogP contribution in [0, 0.1) is 5.82 Å². The summed E-state index contributed by atoms with van der Waals surface area (Å²) in [6.07, 6.45) is 0.675. The number of anilines is 1. The van der Waals surface area contributed by atoms with E-state index in [0.717, 1.165) is 22.9 Å². The Bertz CT molecular complexity index is 1170. The maximum absolute atomic E-state index is 14.1. The molecule has 0 saturated heterocycles. The lowest BCUT2D eigenvalue weighted by molar-refractivity contribution is -0.131. The first-order valence-corrected chi connectivity index (χ1v) is 10.8. The number of carboxylic acids is 1. The molecule has 1 amide bonds. The zero-order chi connectivity index (χ0) is 24.5. The van der Waals surface area contributed by atoms with Crippen molar-refractivity contribution < 1.29 is 33.7 Å². The van der Waals surface area contributed by atoms with Crippen LogP contribution in [-0.4, -0.2) is 35.0 Å². The Kier molecular flexibility index (Phi) is 8.59. The molecule has 0 saturated carbocycles. The van der Waals surface area contributed by atoms with Gasteiger partial charge in [-0.1, -0.05) is 48.5 Å². The Balaban J connectivity index is 1.86. The SMILES string of the molecule is CCO[C@@H](CC/C=C/C(=O)O)[C@@H](OC(=O)Nc1cccc2ccccc12)c1ccc(O)c(F)c1. The van der Waals surface area contributed by atoms with Crippen molar-refractivity contribution >= 4 is 28.5 Å². The second-order valence-electron chi connectivity index (χ2n) is 7.50. The summed E-state index contributed by atoms with van der Waals surface area (Å²) in [6, 6.07) is 16.7. The van der Waals surface area contributed by atoms with E-state index in [0.29, 0.717) is 30.7 Å². The van der Waals surface area contributed by atoms with E-state index < -0.39 is 35.8 Å². The molecule has 8 heteroatoms. The second kappa shape index (κ2) is 11.8. The van der Waals surface area contributed by atoms with E-state index >= 15 is 0 Å². The number of aromatic hydroxyl groups is 1. The fraction of sp³-hybridized carbons (Fsp3) is 0.231. The molecule has 3 aromatic rings. The van der Waals surface area contributed by atoms with Crippen LogP contribution in [0.25, 0.3) is 10.8 Å². The van der Waals surface area contributed by atoms with Gasteiger partial charge in [0.25, 0.3) is 0 Å². The van der Waals surface area contributed by atoms with Gasteiger partial charge in [0.05, 0.1) is 11.8 Å². The predicted molar refractivity (Wildman–Crippen MR) is 126 cm³/mol. The Morgan fingerprint density at radius 2 is 1.88 bits per heavy atom. The van der Waals surface area contributed by atoms with Crippen molar-refractivity contribution in [1.29, 1.82) is 0 Å². The highest BCUT2D eigenvalue weighted by Gasteiger charge is 2.28. The van der Waals surface area contributed by atoms with Crippen molar-refractivity contribution in [2.45, 2.75) is 32.0 Å². The lowest BCUT2D eigenvalue weighted by Gasteiger charge is -2.27. The summed E-state index contributed by atoms with van der Waals surface area (Å²) in [7, 11) is 0. The monoisotopic (exact) mass is 467 g/mol. The molecule has 178 valence electrons. The normalized spacial score (nSPS) is 13.0. The minimum atomic E-state index is -1.07. The number of aliphatic carboxylic acids is 1. The van der Waals surface area contributed by atoms with E-state index in [4.69, 9.17) is 14.6 Å². The molecule has 0 spiro atoms. The van der Waals surface area contributed by atoms with E-state index in [1.165, 1.54) is 18.2 Å². The Labute approximate surface area is 196 Å². The first kappa shape index (κ1) is 24.7. The standard InChI is InChI=1S/C26H26FNO6/c1-2-33-23(12-5-6-13-24(30)31)25(18-14-15-22(29)20(27)16-18)34-26(32)28-21-11-7-9-17-8-3-4-10-19(17)21/h3-4,6-11,13-16,23,25,29H,2,5,12H2,1H3,(H,28,32)(H,30,31)/b13-6+/t23-,25-/m0/s1. The number of nitrogens with one attached hydrogen (secondary N) is 1. The Morgan fingerprint density at radius 1 is 1.12 bits per heavy atom. The molecule has 34 heavy (non-hydrogen) atoms. The maximum atomic E-state index is 14.1. The number of carboxylic acid groups (broad SMARTS) is 1. The summed E-state index contributed by atoms with van der Waals surface area (Å²) >= 11 is 0. The van der Waals surface area contributed by atoms with Crippen molar-refractivity contribution in [3.05, 3.63) is 84.2 Å². The molecule has 0 aliphatic rings. The molecule has 3 rings (SSSR count). The zero-order valence-electron chi connectivity index (χ0n) is 18.6. The number of hydrogen-bond acceptors (Lipinski definition) is 5. The number of rotatable bonds is 10. The number of allylic oxidation sites excluding steroid dienone is 1. The lowest BCUT2D eigenvalue weighted by Crippen LogP contribution is -2.29. The summed E-state index contributed by atoms with van der Waals surface area (Å²) in [5, 5.41) is 22.9. The summed E-state index contributed by atoms with van der Waals surface area (Å²) in [4.78, 5) is 23.6. The van der Waals surface area contributed by atoms with Gasteiger partial charge in [-0.25, -0.2) is 14.0 Å². The van der Waals surface area contributed by atoms with Gasteiger partial charge in [0.15, 0.2) is 17.7 Å². The van der Waals surface area contributed by atoms with E-state index in [2.05, 4.69) is 5.32 Å². The summed E-state index contributed by atoms with van der Waals surface area (Å²) in [5.41, 5.74) is 0.847. The van der Waals surface area contributed by atoms with E-state index in [9.17, 15) is 19.1 Å². The van der Waals surface area contributed by atoms with Gasteiger partial charge in [-0.2, -0.15) is 0 Å². The van der Waals surface area contributed by atoms with Gasteiger partial charge >= 0.3 is 12.1 Å². The van der Waals surface area contributed by atoms with Gasteiger partial charge in [0.2, 0.25) is 0 Å². The first-order chi connectivity index (χ1) is 16.4. The van der Waals surface area contributed by atoms with E-state index in [-0.39, 0.29) is 0 Å². The van der Waals surface area contributed by atoms with Crippen LogP contribution in [0.3, 0.4) is 0 Å². The first-order valence-electron chi connectivity index (χ1n) is 10.8. The smallest absolute Gasteiger partial charge is 0.412 e. The van der Waals surface area contributed by atoms with Crippen LogP contribution in [0.4, 0.5) is 14.9 Å². The molecule has 0 aromatic heterocycles. The maximum Gasteiger partial charge on any atom is 0.412 e. The van der Waals surface area contributed by atoms with Crippen LogP contribution in [0.2, 0.25) is 0 Å². The minimum absolute atomic E-state index is 0.290. The van der Waals surface area contributed by atoms with Gasteiger partial charge in [-0.05, 0) is 48.9 Å². The molecule has 0 fully saturated rings. The number of hydrogen-bond donors (Lipinski definition) is 3. The molecule has 0 aliphatic heterocycles.